The van der Waals surface area contributed by atoms with E-state index in [0.717, 1.165) is 38.8 Å². The molecule has 0 atom stereocenters. The maximum absolute atomic E-state index is 5.33. The van der Waals surface area contributed by atoms with Crippen LogP contribution < -0.4 is 10.1 Å². The molecule has 0 saturated carbocycles. The molecule has 5 rings (SSSR count). The van der Waals surface area contributed by atoms with E-state index >= 15 is 0 Å². The van der Waals surface area contributed by atoms with Crippen LogP contribution in [0.25, 0.3) is 33.1 Å². The molecule has 7 heteroatoms. The molecule has 0 aliphatic carbocycles. The molecule has 0 unspecified atom stereocenters. The van der Waals surface area contributed by atoms with Gasteiger partial charge in [0.15, 0.2) is 11.6 Å². The number of nitrogens with one attached hydrogen (secondary N) is 3. The Balaban J connectivity index is 1.57. The highest BCUT2D eigenvalue weighted by molar-refractivity contribution is 6.09. The minimum absolute atomic E-state index is 0.672. The molecule has 0 saturated heterocycles. The Morgan fingerprint density at radius 3 is 2.70 bits per heavy atom. The van der Waals surface area contributed by atoms with Crippen molar-refractivity contribution in [2.75, 3.05) is 12.4 Å². The standard InChI is InChI=1S/C20H16N6O/c1-27-13-7-8-16-14(9-13)15-11-21-26-19(15)20(22-16)23-18-10-17(24-25-18)12-5-3-2-4-6-12/h2-11H,1H3,(H,21,26)(H2,22,23,24,25). The Morgan fingerprint density at radius 2 is 1.85 bits per heavy atom. The maximum Gasteiger partial charge on any atom is 0.158 e. The number of H-pyrrole nitrogens is 2. The average Bonchev–Trinajstić information content (AvgIpc) is 3.38. The summed E-state index contributed by atoms with van der Waals surface area (Å²) in [6, 6.07) is 17.8. The third-order valence-corrected chi connectivity index (χ3v) is 4.51. The summed E-state index contributed by atoms with van der Waals surface area (Å²) in [6.45, 7) is 0. The Morgan fingerprint density at radius 1 is 0.963 bits per heavy atom. The molecule has 3 heterocycles. The number of aromatic nitrogens is 5. The third-order valence-electron chi connectivity index (χ3n) is 4.51. The largest absolute Gasteiger partial charge is 0.497 e. The lowest BCUT2D eigenvalue weighted by Gasteiger charge is -2.08. The Hall–Kier alpha value is -3.87. The first kappa shape index (κ1) is 15.4. The molecule has 7 nitrogen and oxygen atoms in total. The fraction of sp³-hybridized carbons (Fsp3) is 0.0500. The van der Waals surface area contributed by atoms with Gasteiger partial charge < -0.3 is 10.1 Å². The number of hydrogen-bond acceptors (Lipinski definition) is 5. The lowest BCUT2D eigenvalue weighted by atomic mass is 10.1. The highest BCUT2D eigenvalue weighted by Gasteiger charge is 2.13. The number of hydrogen-bond donors (Lipinski definition) is 3. The minimum atomic E-state index is 0.672. The maximum atomic E-state index is 5.33. The van der Waals surface area contributed by atoms with E-state index in [-0.39, 0.29) is 0 Å². The van der Waals surface area contributed by atoms with Gasteiger partial charge in [0.1, 0.15) is 11.3 Å². The first-order valence-electron chi connectivity index (χ1n) is 8.50. The molecule has 5 aromatic rings. The smallest absolute Gasteiger partial charge is 0.158 e. The number of methoxy groups -OCH3 is 1. The third kappa shape index (κ3) is 2.65. The van der Waals surface area contributed by atoms with Gasteiger partial charge >= 0.3 is 0 Å². The number of nitrogens with zero attached hydrogens (tertiary/aromatic N) is 3. The van der Waals surface area contributed by atoms with Crippen molar-refractivity contribution in [3.05, 3.63) is 60.8 Å². The molecule has 0 aliphatic rings. The van der Waals surface area contributed by atoms with E-state index in [1.807, 2.05) is 54.6 Å². The number of aromatic amines is 2. The second-order valence-corrected chi connectivity index (χ2v) is 6.16. The van der Waals surface area contributed by atoms with Gasteiger partial charge in [0.05, 0.1) is 24.5 Å². The molecule has 0 fully saturated rings. The quantitative estimate of drug-likeness (QED) is 0.448. The molecule has 0 spiro atoms. The monoisotopic (exact) mass is 356 g/mol. The van der Waals surface area contributed by atoms with Crippen molar-refractivity contribution in [3.63, 3.8) is 0 Å². The van der Waals surface area contributed by atoms with Crippen LogP contribution in [-0.4, -0.2) is 32.5 Å². The highest BCUT2D eigenvalue weighted by atomic mass is 16.5. The molecular weight excluding hydrogens is 340 g/mol. The SMILES string of the molecule is COc1ccc2nc(Nc3cc(-c4ccccc4)[nH]n3)c3[nH]ncc3c2c1. The molecule has 0 radical (unpaired) electrons. The topological polar surface area (TPSA) is 91.5 Å². The fourth-order valence-electron chi connectivity index (χ4n) is 3.17. The zero-order chi connectivity index (χ0) is 18.2. The van der Waals surface area contributed by atoms with Gasteiger partial charge in [0.2, 0.25) is 0 Å². The molecule has 3 N–H and O–H groups in total. The van der Waals surface area contributed by atoms with Crippen LogP contribution in [0, 0.1) is 0 Å². The van der Waals surface area contributed by atoms with Crippen LogP contribution in [0.2, 0.25) is 0 Å². The zero-order valence-electron chi connectivity index (χ0n) is 14.5. The number of pyridine rings is 1. The number of rotatable bonds is 4. The molecule has 2 aromatic carbocycles. The van der Waals surface area contributed by atoms with Crippen molar-refractivity contribution < 1.29 is 4.74 Å². The lowest BCUT2D eigenvalue weighted by Crippen LogP contribution is -1.96. The number of benzene rings is 2. The first-order valence-corrected chi connectivity index (χ1v) is 8.50. The summed E-state index contributed by atoms with van der Waals surface area (Å²) in [5, 5.41) is 19.9. The van der Waals surface area contributed by atoms with Gasteiger partial charge in [-0.15, -0.1) is 0 Å². The van der Waals surface area contributed by atoms with Gasteiger partial charge in [-0.1, -0.05) is 30.3 Å². The number of fused-ring (bicyclic) bond motifs is 3. The van der Waals surface area contributed by atoms with Crippen molar-refractivity contribution in [2.45, 2.75) is 0 Å². The van der Waals surface area contributed by atoms with E-state index in [9.17, 15) is 0 Å². The second kappa shape index (κ2) is 6.14. The van der Waals surface area contributed by atoms with Crippen molar-refractivity contribution in [3.8, 4) is 17.0 Å². The molecule has 132 valence electrons. The molecule has 3 aromatic heterocycles. The Labute approximate surface area is 154 Å². The van der Waals surface area contributed by atoms with Crippen molar-refractivity contribution in [1.29, 1.82) is 0 Å². The Bertz CT molecular complexity index is 1240. The molecule has 0 bridgehead atoms. The second-order valence-electron chi connectivity index (χ2n) is 6.16. The molecule has 0 aliphatic heterocycles. The van der Waals surface area contributed by atoms with Crippen LogP contribution in [-0.2, 0) is 0 Å². The predicted octanol–water partition coefficient (Wildman–Crippen LogP) is 4.25. The predicted molar refractivity (Wildman–Crippen MR) is 105 cm³/mol. The minimum Gasteiger partial charge on any atom is -0.497 e. The fourth-order valence-corrected chi connectivity index (χ4v) is 3.17. The van der Waals surface area contributed by atoms with Crippen LogP contribution >= 0.6 is 0 Å². The zero-order valence-corrected chi connectivity index (χ0v) is 14.5. The van der Waals surface area contributed by atoms with Gasteiger partial charge in [-0.3, -0.25) is 10.2 Å². The van der Waals surface area contributed by atoms with E-state index in [1.165, 1.54) is 0 Å². The summed E-state index contributed by atoms with van der Waals surface area (Å²) in [5.41, 5.74) is 3.68. The van der Waals surface area contributed by atoms with E-state index in [0.29, 0.717) is 11.6 Å². The average molecular weight is 356 g/mol. The van der Waals surface area contributed by atoms with Crippen LogP contribution in [0.15, 0.2) is 60.8 Å². The van der Waals surface area contributed by atoms with Crippen LogP contribution in [0.1, 0.15) is 0 Å². The van der Waals surface area contributed by atoms with Crippen molar-refractivity contribution >= 4 is 33.4 Å². The Kier molecular flexibility index (Phi) is 3.50. The highest BCUT2D eigenvalue weighted by Crippen LogP contribution is 2.31. The summed E-state index contributed by atoms with van der Waals surface area (Å²) >= 11 is 0. The number of ether oxygens (including phenoxy) is 1. The van der Waals surface area contributed by atoms with E-state index in [4.69, 9.17) is 9.72 Å². The summed E-state index contributed by atoms with van der Waals surface area (Å²) in [6.07, 6.45) is 1.80. The van der Waals surface area contributed by atoms with Crippen molar-refractivity contribution in [2.24, 2.45) is 0 Å². The summed E-state index contributed by atoms with van der Waals surface area (Å²) in [4.78, 5) is 4.74. The van der Waals surface area contributed by atoms with Gasteiger partial charge in [-0.2, -0.15) is 10.2 Å². The first-order chi connectivity index (χ1) is 13.3. The lowest BCUT2D eigenvalue weighted by molar-refractivity contribution is 0.415. The molecular formula is C20H16N6O. The summed E-state index contributed by atoms with van der Waals surface area (Å²) in [7, 11) is 1.65. The van der Waals surface area contributed by atoms with Gasteiger partial charge in [-0.05, 0) is 23.8 Å². The van der Waals surface area contributed by atoms with Crippen molar-refractivity contribution in [1.82, 2.24) is 25.4 Å². The number of anilines is 2. The summed E-state index contributed by atoms with van der Waals surface area (Å²) in [5.74, 6) is 2.14. The van der Waals surface area contributed by atoms with Crippen LogP contribution in [0.5, 0.6) is 5.75 Å². The molecule has 27 heavy (non-hydrogen) atoms. The van der Waals surface area contributed by atoms with E-state index < -0.39 is 0 Å². The normalized spacial score (nSPS) is 11.1. The molecule has 0 amide bonds. The van der Waals surface area contributed by atoms with Gasteiger partial charge in [0.25, 0.3) is 0 Å². The van der Waals surface area contributed by atoms with E-state index in [1.54, 1.807) is 13.3 Å². The van der Waals surface area contributed by atoms with Crippen LogP contribution in [0.3, 0.4) is 0 Å². The van der Waals surface area contributed by atoms with Crippen LogP contribution in [0.4, 0.5) is 11.6 Å². The van der Waals surface area contributed by atoms with E-state index in [2.05, 4.69) is 25.7 Å². The summed E-state index contributed by atoms with van der Waals surface area (Å²) < 4.78 is 5.33. The van der Waals surface area contributed by atoms with Gasteiger partial charge in [0, 0.05) is 16.8 Å². The van der Waals surface area contributed by atoms with Gasteiger partial charge in [-0.25, -0.2) is 4.98 Å².